The first-order chi connectivity index (χ1) is 14.7. The van der Waals surface area contributed by atoms with E-state index in [-0.39, 0.29) is 18.2 Å². The number of benzene rings is 3. The molecule has 0 aliphatic heterocycles. The van der Waals surface area contributed by atoms with Crippen LogP contribution >= 0.6 is 11.3 Å². The molecule has 1 aromatic heterocycles. The third kappa shape index (κ3) is 5.13. The Morgan fingerprint density at radius 1 is 1.00 bits per heavy atom. The number of nitrogens with one attached hydrogen (secondary N) is 1. The zero-order valence-corrected chi connectivity index (χ0v) is 18.6. The number of para-hydroxylation sites is 1. The van der Waals surface area contributed by atoms with Crippen molar-refractivity contribution in [2.45, 2.75) is 6.92 Å². The molecule has 0 atom stereocenters. The Labute approximate surface area is 190 Å². The van der Waals surface area contributed by atoms with E-state index in [9.17, 15) is 4.39 Å². The number of rotatable bonds is 7. The van der Waals surface area contributed by atoms with Crippen LogP contribution in [0.4, 0.5) is 15.2 Å². The van der Waals surface area contributed by atoms with Crippen molar-refractivity contribution < 1.29 is 31.0 Å². The molecule has 0 aliphatic rings. The molecule has 31 heavy (non-hydrogen) atoms. The summed E-state index contributed by atoms with van der Waals surface area (Å²) >= 11 is 1.50. The fraction of sp³-hybridized carbons (Fsp3) is 0.130. The highest BCUT2D eigenvalue weighted by atomic mass is 35.5. The lowest BCUT2D eigenvalue weighted by molar-refractivity contribution is -0.642. The van der Waals surface area contributed by atoms with Crippen molar-refractivity contribution in [1.29, 1.82) is 0 Å². The van der Waals surface area contributed by atoms with Crippen molar-refractivity contribution in [3.05, 3.63) is 78.6 Å². The van der Waals surface area contributed by atoms with E-state index in [4.69, 9.17) is 14.6 Å². The van der Waals surface area contributed by atoms with E-state index in [0.717, 1.165) is 21.9 Å². The average Bonchev–Trinajstić information content (AvgIpc) is 3.19. The van der Waals surface area contributed by atoms with E-state index in [1.165, 1.54) is 23.5 Å². The van der Waals surface area contributed by atoms with Crippen LogP contribution in [0, 0.1) is 5.82 Å². The van der Waals surface area contributed by atoms with Gasteiger partial charge in [0.25, 0.3) is 5.13 Å². The highest BCUT2D eigenvalue weighted by molar-refractivity contribution is 7.18. The lowest BCUT2D eigenvalue weighted by atomic mass is 10.2. The van der Waals surface area contributed by atoms with Crippen LogP contribution < -0.4 is 31.9 Å². The molecule has 0 saturated heterocycles. The van der Waals surface area contributed by atoms with Crippen molar-refractivity contribution in [2.75, 3.05) is 19.0 Å². The summed E-state index contributed by atoms with van der Waals surface area (Å²) in [6.07, 6.45) is 0. The first-order valence-electron chi connectivity index (χ1n) is 9.50. The number of hydrogen-bond acceptors (Lipinski definition) is 5. The summed E-state index contributed by atoms with van der Waals surface area (Å²) in [5.74, 6) is 1.04. The van der Waals surface area contributed by atoms with E-state index in [1.807, 2.05) is 55.5 Å². The summed E-state index contributed by atoms with van der Waals surface area (Å²) in [6.45, 7) is 2.46. The summed E-state index contributed by atoms with van der Waals surface area (Å²) in [5.41, 5.74) is 2.62. The van der Waals surface area contributed by atoms with Gasteiger partial charge in [0.2, 0.25) is 5.69 Å². The summed E-state index contributed by atoms with van der Waals surface area (Å²) in [4.78, 5) is 0. The van der Waals surface area contributed by atoms with Crippen molar-refractivity contribution in [3.63, 3.8) is 0 Å². The van der Waals surface area contributed by atoms with Crippen LogP contribution in [0.5, 0.6) is 11.5 Å². The second-order valence-electron chi connectivity index (χ2n) is 6.39. The third-order valence-electron chi connectivity index (χ3n) is 4.38. The Kier molecular flexibility index (Phi) is 7.44. The first-order valence-corrected chi connectivity index (χ1v) is 10.3. The third-order valence-corrected chi connectivity index (χ3v) is 5.36. The quantitative estimate of drug-likeness (QED) is 0.433. The molecule has 4 rings (SSSR count). The predicted octanol–water partition coefficient (Wildman–Crippen LogP) is 2.38. The zero-order valence-electron chi connectivity index (χ0n) is 17.0. The highest BCUT2D eigenvalue weighted by Gasteiger charge is 2.25. The van der Waals surface area contributed by atoms with Crippen LogP contribution in [0.15, 0.2) is 72.8 Å². The molecule has 1 heterocycles. The maximum atomic E-state index is 13.5. The second-order valence-corrected chi connectivity index (χ2v) is 7.37. The molecule has 1 N–H and O–H groups in total. The number of nitrogens with zero attached hydrogens (tertiary/aromatic N) is 2. The van der Waals surface area contributed by atoms with Gasteiger partial charge in [-0.15, -0.1) is 0 Å². The molecule has 0 bridgehead atoms. The minimum atomic E-state index is -0.290. The Bertz CT molecular complexity index is 1140. The Balaban J connectivity index is 0.00000272. The highest BCUT2D eigenvalue weighted by Crippen LogP contribution is 2.35. The molecule has 0 aliphatic carbocycles. The molecule has 3 aromatic carbocycles. The fourth-order valence-corrected chi connectivity index (χ4v) is 3.96. The summed E-state index contributed by atoms with van der Waals surface area (Å²) < 4.78 is 26.4. The molecule has 5 nitrogen and oxygen atoms in total. The number of hydrogen-bond donors (Lipinski definition) is 1. The van der Waals surface area contributed by atoms with Gasteiger partial charge in [0.15, 0.2) is 11.5 Å². The molecule has 0 spiro atoms. The SMILES string of the molecule is CCOc1cc(-c2sc(Nc3ccccc3)n[n+]2-c2ccc(F)cc2)ccc1OC.[Cl-]. The lowest BCUT2D eigenvalue weighted by Crippen LogP contribution is -3.00. The Hall–Kier alpha value is -3.16. The van der Waals surface area contributed by atoms with E-state index in [0.29, 0.717) is 23.2 Å². The van der Waals surface area contributed by atoms with Crippen molar-refractivity contribution >= 4 is 22.2 Å². The number of anilines is 2. The zero-order chi connectivity index (χ0) is 20.9. The van der Waals surface area contributed by atoms with Gasteiger partial charge in [0, 0.05) is 22.9 Å². The maximum absolute atomic E-state index is 13.5. The molecule has 0 saturated carbocycles. The Morgan fingerprint density at radius 2 is 1.74 bits per heavy atom. The van der Waals surface area contributed by atoms with E-state index >= 15 is 0 Å². The van der Waals surface area contributed by atoms with Gasteiger partial charge >= 0.3 is 5.01 Å². The van der Waals surface area contributed by atoms with E-state index < -0.39 is 0 Å². The van der Waals surface area contributed by atoms with Gasteiger partial charge in [-0.25, -0.2) is 4.39 Å². The molecular formula is C23H21ClFN3O2S. The maximum Gasteiger partial charge on any atom is 0.305 e. The first kappa shape index (κ1) is 22.5. The number of halogens is 2. The van der Waals surface area contributed by atoms with Gasteiger partial charge in [-0.2, -0.15) is 0 Å². The minimum absolute atomic E-state index is 0. The standard InChI is InChI=1S/C23H21FN3O2S.ClH/c1-3-29-21-15-16(9-14-20(21)28-2)22-27(19-12-10-17(24)11-13-19)26-23(30-22)25-18-7-5-4-6-8-18;/h4-15H,3H2,1-2H3,(H,25,26);1H/q+1;/p-1. The minimum Gasteiger partial charge on any atom is -1.00 e. The van der Waals surface area contributed by atoms with Crippen LogP contribution in [0.2, 0.25) is 0 Å². The summed E-state index contributed by atoms with van der Waals surface area (Å²) in [6, 6.07) is 21.9. The fourth-order valence-electron chi connectivity index (χ4n) is 3.00. The summed E-state index contributed by atoms with van der Waals surface area (Å²) in [7, 11) is 1.62. The van der Waals surface area contributed by atoms with Crippen LogP contribution in [0.1, 0.15) is 6.92 Å². The molecule has 0 fully saturated rings. The smallest absolute Gasteiger partial charge is 0.305 e. The van der Waals surface area contributed by atoms with Crippen LogP contribution in [0.3, 0.4) is 0 Å². The molecular weight excluding hydrogens is 437 g/mol. The number of methoxy groups -OCH3 is 1. The normalized spacial score (nSPS) is 10.3. The van der Waals surface area contributed by atoms with Crippen LogP contribution in [0.25, 0.3) is 16.3 Å². The predicted molar refractivity (Wildman–Crippen MR) is 116 cm³/mol. The monoisotopic (exact) mass is 457 g/mol. The van der Waals surface area contributed by atoms with Gasteiger partial charge in [-0.05, 0) is 65.4 Å². The van der Waals surface area contributed by atoms with Gasteiger partial charge in [0.05, 0.1) is 19.3 Å². The van der Waals surface area contributed by atoms with E-state index in [2.05, 4.69) is 5.32 Å². The van der Waals surface area contributed by atoms with Gasteiger partial charge in [0.1, 0.15) is 5.82 Å². The van der Waals surface area contributed by atoms with Crippen LogP contribution in [-0.4, -0.2) is 18.8 Å². The average molecular weight is 458 g/mol. The van der Waals surface area contributed by atoms with Crippen LogP contribution in [-0.2, 0) is 0 Å². The number of ether oxygens (including phenoxy) is 2. The van der Waals surface area contributed by atoms with Gasteiger partial charge in [-0.3, -0.25) is 0 Å². The summed E-state index contributed by atoms with van der Waals surface area (Å²) in [5, 5.41) is 9.66. The topological polar surface area (TPSA) is 47.3 Å². The lowest BCUT2D eigenvalue weighted by Gasteiger charge is -2.09. The van der Waals surface area contributed by atoms with Crippen molar-refractivity contribution in [1.82, 2.24) is 5.10 Å². The molecule has 0 amide bonds. The van der Waals surface area contributed by atoms with E-state index in [1.54, 1.807) is 23.9 Å². The van der Waals surface area contributed by atoms with Gasteiger partial charge in [-0.1, -0.05) is 18.2 Å². The molecule has 160 valence electrons. The molecule has 0 radical (unpaired) electrons. The second kappa shape index (κ2) is 10.2. The van der Waals surface area contributed by atoms with Crippen molar-refractivity contribution in [2.24, 2.45) is 0 Å². The van der Waals surface area contributed by atoms with Gasteiger partial charge < -0.3 is 27.2 Å². The number of aromatic nitrogens is 2. The van der Waals surface area contributed by atoms with Crippen molar-refractivity contribution in [3.8, 4) is 27.8 Å². The molecule has 4 aromatic rings. The Morgan fingerprint density at radius 3 is 2.42 bits per heavy atom. The molecule has 8 heteroatoms. The molecule has 0 unspecified atom stereocenters. The largest absolute Gasteiger partial charge is 1.00 e.